The van der Waals surface area contributed by atoms with Gasteiger partial charge in [-0.15, -0.1) is 4.91 Å². The molecule has 0 aliphatic carbocycles. The van der Waals surface area contributed by atoms with Crippen LogP contribution < -0.4 is 0 Å². The summed E-state index contributed by atoms with van der Waals surface area (Å²) in [6.45, 7) is 0. The molecule has 0 fully saturated rings. The summed E-state index contributed by atoms with van der Waals surface area (Å²) in [7, 11) is 0. The predicted molar refractivity (Wildman–Crippen MR) is 64.2 cm³/mol. The van der Waals surface area contributed by atoms with E-state index in [9.17, 15) is 9.59 Å². The van der Waals surface area contributed by atoms with E-state index in [2.05, 4.69) is 0 Å². The quantitative estimate of drug-likeness (QED) is 0.446. The molecule has 0 saturated heterocycles. The highest BCUT2D eigenvalue weighted by molar-refractivity contribution is 5.67. The molecule has 0 spiro atoms. The Balaban J connectivity index is 0. The van der Waals surface area contributed by atoms with Gasteiger partial charge in [-0.25, -0.2) is 0 Å². The van der Waals surface area contributed by atoms with Gasteiger partial charge in [0.15, 0.2) is 5.34 Å². The Bertz CT molecular complexity index is 391. The number of carbonyl (C=O) groups is 2. The van der Waals surface area contributed by atoms with Crippen LogP contribution >= 0.6 is 0 Å². The van der Waals surface area contributed by atoms with E-state index in [1.54, 1.807) is 0 Å². The van der Waals surface area contributed by atoms with Gasteiger partial charge in [0.05, 0.1) is 17.6 Å². The van der Waals surface area contributed by atoms with Crippen LogP contribution in [0.1, 0.15) is 38.5 Å². The number of carboxylic acids is 2. The monoisotopic (exact) mass is 285 g/mol. The molecule has 0 aliphatic rings. The molecular formula is C11H15N3O6. The minimum Gasteiger partial charge on any atom is -0.481 e. The van der Waals surface area contributed by atoms with Gasteiger partial charge in [-0.05, 0) is 19.3 Å². The Kier molecular flexibility index (Phi) is 11.2. The zero-order valence-electron chi connectivity index (χ0n) is 10.7. The van der Waals surface area contributed by atoms with Crippen molar-refractivity contribution in [3.05, 3.63) is 4.91 Å². The molecular weight excluding hydrogens is 270 g/mol. The van der Waals surface area contributed by atoms with E-state index in [0.29, 0.717) is 0 Å². The molecule has 110 valence electrons. The van der Waals surface area contributed by atoms with Crippen LogP contribution in [0.2, 0.25) is 0 Å². The summed E-state index contributed by atoms with van der Waals surface area (Å²) in [4.78, 5) is 29.1. The van der Waals surface area contributed by atoms with E-state index in [1.165, 1.54) is 5.34 Å². The van der Waals surface area contributed by atoms with Crippen LogP contribution in [0.3, 0.4) is 0 Å². The summed E-state index contributed by atoms with van der Waals surface area (Å²) in [5.74, 6) is -2.06. The molecule has 0 saturated carbocycles. The van der Waals surface area contributed by atoms with Crippen LogP contribution in [0.25, 0.3) is 0 Å². The van der Waals surface area contributed by atoms with E-state index < -0.39 is 17.4 Å². The Morgan fingerprint density at radius 2 is 1.45 bits per heavy atom. The van der Waals surface area contributed by atoms with Crippen molar-refractivity contribution in [2.75, 3.05) is 0 Å². The van der Waals surface area contributed by atoms with Crippen molar-refractivity contribution in [1.82, 2.24) is 0 Å². The van der Waals surface area contributed by atoms with Gasteiger partial charge >= 0.3 is 11.9 Å². The predicted octanol–water partition coefficient (Wildman–Crippen LogP) is 1.67. The first-order valence-corrected chi connectivity index (χ1v) is 5.56. The van der Waals surface area contributed by atoms with Crippen molar-refractivity contribution in [2.24, 2.45) is 10.8 Å². The van der Waals surface area contributed by atoms with Gasteiger partial charge in [0.25, 0.3) is 0 Å². The highest BCUT2D eigenvalue weighted by Crippen LogP contribution is 2.34. The second-order valence-corrected chi connectivity index (χ2v) is 3.92. The van der Waals surface area contributed by atoms with Crippen LogP contribution in [0.15, 0.2) is 5.34 Å². The average Bonchev–Trinajstić information content (AvgIpc) is 2.39. The van der Waals surface area contributed by atoms with Crippen molar-refractivity contribution in [1.29, 1.82) is 10.5 Å². The molecule has 0 heterocycles. The number of nitriles is 2. The average molecular weight is 285 g/mol. The van der Waals surface area contributed by atoms with Crippen LogP contribution in [-0.4, -0.2) is 27.4 Å². The minimum absolute atomic E-state index is 0.0772. The highest BCUT2D eigenvalue weighted by atomic mass is 16.6. The molecule has 0 rings (SSSR count). The Morgan fingerprint density at radius 1 is 1.05 bits per heavy atom. The van der Waals surface area contributed by atoms with Gasteiger partial charge in [-0.2, -0.15) is 10.5 Å². The molecule has 9 heteroatoms. The Labute approximate surface area is 115 Å². The van der Waals surface area contributed by atoms with Gasteiger partial charge in [0, 0.05) is 19.3 Å². The lowest BCUT2D eigenvalue weighted by Gasteiger charge is -2.24. The van der Waals surface area contributed by atoms with Gasteiger partial charge in [0.2, 0.25) is 0 Å². The smallest absolute Gasteiger partial charge is 0.303 e. The third kappa shape index (κ3) is 10.5. The molecule has 0 aromatic rings. The summed E-state index contributed by atoms with van der Waals surface area (Å²) < 4.78 is 0. The molecule has 0 radical (unpaired) electrons. The summed E-state index contributed by atoms with van der Waals surface area (Å²) in [5, 5.41) is 42.6. The molecule has 0 aromatic heterocycles. The van der Waals surface area contributed by atoms with Crippen molar-refractivity contribution in [3.8, 4) is 12.1 Å². The first-order valence-electron chi connectivity index (χ1n) is 5.56. The van der Waals surface area contributed by atoms with E-state index in [0.717, 1.165) is 0 Å². The zero-order chi connectivity index (χ0) is 16.0. The second kappa shape index (κ2) is 11.4. The fourth-order valence-corrected chi connectivity index (χ4v) is 1.53. The summed E-state index contributed by atoms with van der Waals surface area (Å²) in [5.41, 5.74) is -1.02. The van der Waals surface area contributed by atoms with Crippen LogP contribution in [0, 0.1) is 33.0 Å². The Hall–Kier alpha value is -2.68. The molecule has 9 nitrogen and oxygen atoms in total. The standard InChI is InChI=1S/C11H14N2O4.HNO2/c12-7-1-4-11(8-13,5-2-9(14)15)6-3-10(16)17;2-1-3/h1-6H2,(H,14,15)(H,16,17);(H,2,3). The van der Waals surface area contributed by atoms with Crippen molar-refractivity contribution in [2.45, 2.75) is 38.5 Å². The van der Waals surface area contributed by atoms with Crippen molar-refractivity contribution in [3.63, 3.8) is 0 Å². The van der Waals surface area contributed by atoms with Gasteiger partial charge in [-0.3, -0.25) is 9.59 Å². The maximum absolute atomic E-state index is 10.5. The number of carboxylic acid groups (broad SMARTS) is 2. The largest absolute Gasteiger partial charge is 0.481 e. The maximum atomic E-state index is 10.5. The minimum atomic E-state index is -1.03. The molecule has 0 amide bonds. The molecule has 0 aliphatic heterocycles. The normalized spacial score (nSPS) is 9.30. The second-order valence-electron chi connectivity index (χ2n) is 3.92. The first-order chi connectivity index (χ1) is 9.37. The third-order valence-electron chi connectivity index (χ3n) is 2.59. The lowest BCUT2D eigenvalue weighted by molar-refractivity contribution is -0.137. The molecule has 0 aromatic carbocycles. The first kappa shape index (κ1) is 19.7. The third-order valence-corrected chi connectivity index (χ3v) is 2.59. The van der Waals surface area contributed by atoms with Crippen LogP contribution in [-0.2, 0) is 9.59 Å². The fourth-order valence-electron chi connectivity index (χ4n) is 1.53. The van der Waals surface area contributed by atoms with Crippen LogP contribution in [0.4, 0.5) is 0 Å². The molecule has 0 bridgehead atoms. The lowest BCUT2D eigenvalue weighted by Crippen LogP contribution is -2.21. The van der Waals surface area contributed by atoms with Gasteiger partial charge in [0.1, 0.15) is 0 Å². The topological polar surface area (TPSA) is 172 Å². The highest BCUT2D eigenvalue weighted by Gasteiger charge is 2.30. The molecule has 0 atom stereocenters. The van der Waals surface area contributed by atoms with Crippen LogP contribution in [0.5, 0.6) is 0 Å². The van der Waals surface area contributed by atoms with E-state index in [1.807, 2.05) is 12.1 Å². The zero-order valence-corrected chi connectivity index (χ0v) is 10.7. The fraction of sp³-hybridized carbons (Fsp3) is 0.636. The number of hydrogen-bond donors (Lipinski definition) is 3. The SMILES string of the molecule is N#CCCC(C#N)(CCC(=O)O)CCC(=O)O.O=NO. The van der Waals surface area contributed by atoms with Gasteiger partial charge < -0.3 is 15.4 Å². The lowest BCUT2D eigenvalue weighted by atomic mass is 9.77. The van der Waals surface area contributed by atoms with E-state index >= 15 is 0 Å². The maximum Gasteiger partial charge on any atom is 0.303 e. The number of nitrogens with zero attached hydrogens (tertiary/aromatic N) is 3. The van der Waals surface area contributed by atoms with E-state index in [-0.39, 0.29) is 38.5 Å². The van der Waals surface area contributed by atoms with Crippen molar-refractivity contribution >= 4 is 11.9 Å². The molecule has 20 heavy (non-hydrogen) atoms. The Morgan fingerprint density at radius 3 is 1.70 bits per heavy atom. The number of aliphatic carboxylic acids is 2. The summed E-state index contributed by atoms with van der Waals surface area (Å²) in [6.07, 6.45) is 0.0894. The molecule has 0 unspecified atom stereocenters. The number of hydrogen-bond acceptors (Lipinski definition) is 6. The molecule has 3 N–H and O–H groups in total. The van der Waals surface area contributed by atoms with E-state index in [4.69, 9.17) is 30.9 Å². The summed E-state index contributed by atoms with van der Waals surface area (Å²) >= 11 is 0. The number of rotatable bonds is 8. The van der Waals surface area contributed by atoms with Crippen molar-refractivity contribution < 1.29 is 25.0 Å². The van der Waals surface area contributed by atoms with Gasteiger partial charge in [-0.1, -0.05) is 0 Å². The summed E-state index contributed by atoms with van der Waals surface area (Å²) in [6, 6.07) is 3.87.